The van der Waals surface area contributed by atoms with E-state index in [2.05, 4.69) is 24.0 Å². The van der Waals surface area contributed by atoms with E-state index in [1.807, 2.05) is 29.7 Å². The molecule has 1 aromatic carbocycles. The zero-order valence-corrected chi connectivity index (χ0v) is 12.1. The average Bonchev–Trinajstić information content (AvgIpc) is 2.75. The number of aliphatic hydroxyl groups is 1. The quantitative estimate of drug-likeness (QED) is 0.936. The molecule has 5 heteroatoms. The number of halogens is 1. The van der Waals surface area contributed by atoms with Crippen molar-refractivity contribution in [2.75, 3.05) is 0 Å². The highest BCUT2D eigenvalue weighted by molar-refractivity contribution is 6.33. The van der Waals surface area contributed by atoms with Crippen molar-refractivity contribution >= 4 is 11.6 Å². The minimum Gasteiger partial charge on any atom is -0.388 e. The van der Waals surface area contributed by atoms with Crippen molar-refractivity contribution in [3.8, 4) is 11.4 Å². The van der Waals surface area contributed by atoms with Gasteiger partial charge in [-0.25, -0.2) is 0 Å². The minimum atomic E-state index is -0.122. The van der Waals surface area contributed by atoms with Gasteiger partial charge in [0.2, 0.25) is 0 Å². The Morgan fingerprint density at radius 2 is 2.05 bits per heavy atom. The van der Waals surface area contributed by atoms with E-state index in [1.54, 1.807) is 0 Å². The number of hydrogen-bond acceptors (Lipinski definition) is 3. The van der Waals surface area contributed by atoms with Crippen LogP contribution in [0.15, 0.2) is 18.2 Å². The van der Waals surface area contributed by atoms with Gasteiger partial charge in [0, 0.05) is 12.1 Å². The third-order valence-corrected chi connectivity index (χ3v) is 3.45. The van der Waals surface area contributed by atoms with E-state index in [-0.39, 0.29) is 6.61 Å². The van der Waals surface area contributed by atoms with E-state index in [1.165, 1.54) is 0 Å². The first-order valence-corrected chi connectivity index (χ1v) is 6.70. The van der Waals surface area contributed by atoms with Gasteiger partial charge in [-0.15, -0.1) is 10.2 Å². The van der Waals surface area contributed by atoms with Crippen molar-refractivity contribution in [1.29, 1.82) is 0 Å². The number of hydrogen-bond donors (Lipinski definition) is 1. The Hall–Kier alpha value is -1.39. The number of aromatic nitrogens is 3. The lowest BCUT2D eigenvalue weighted by atomic mass is 10.1. The van der Waals surface area contributed by atoms with Crippen LogP contribution in [0.5, 0.6) is 0 Å². The van der Waals surface area contributed by atoms with E-state index >= 15 is 0 Å². The van der Waals surface area contributed by atoms with Gasteiger partial charge in [0.05, 0.1) is 5.02 Å². The highest BCUT2D eigenvalue weighted by Crippen LogP contribution is 2.30. The third kappa shape index (κ3) is 2.80. The number of rotatable bonds is 4. The van der Waals surface area contributed by atoms with Crippen LogP contribution in [0.1, 0.15) is 25.2 Å². The Kier molecular flexibility index (Phi) is 4.22. The van der Waals surface area contributed by atoms with Gasteiger partial charge < -0.3 is 9.67 Å². The molecule has 1 aromatic heterocycles. The Balaban J connectivity index is 2.55. The molecule has 0 amide bonds. The third-order valence-electron chi connectivity index (χ3n) is 2.95. The van der Waals surface area contributed by atoms with Crippen molar-refractivity contribution in [2.45, 2.75) is 33.9 Å². The summed E-state index contributed by atoms with van der Waals surface area (Å²) in [5.41, 5.74) is 1.86. The molecule has 0 spiro atoms. The SMILES string of the molecule is Cc1cccc(-c2nnc(CO)n2CC(C)C)c1Cl. The van der Waals surface area contributed by atoms with E-state index in [0.29, 0.717) is 22.6 Å². The maximum absolute atomic E-state index is 9.36. The van der Waals surface area contributed by atoms with Crippen LogP contribution in [-0.4, -0.2) is 19.9 Å². The second kappa shape index (κ2) is 5.72. The molecule has 0 radical (unpaired) electrons. The first kappa shape index (κ1) is 14.0. The van der Waals surface area contributed by atoms with E-state index < -0.39 is 0 Å². The fraction of sp³-hybridized carbons (Fsp3) is 0.429. The molecule has 0 saturated carbocycles. The largest absolute Gasteiger partial charge is 0.388 e. The summed E-state index contributed by atoms with van der Waals surface area (Å²) < 4.78 is 1.94. The van der Waals surface area contributed by atoms with Crippen molar-refractivity contribution in [3.05, 3.63) is 34.6 Å². The van der Waals surface area contributed by atoms with Crippen LogP contribution >= 0.6 is 11.6 Å². The molecule has 4 nitrogen and oxygen atoms in total. The van der Waals surface area contributed by atoms with Gasteiger partial charge in [-0.05, 0) is 24.5 Å². The van der Waals surface area contributed by atoms with Crippen LogP contribution in [-0.2, 0) is 13.2 Å². The predicted molar refractivity (Wildman–Crippen MR) is 76.0 cm³/mol. The van der Waals surface area contributed by atoms with Crippen LogP contribution in [0.2, 0.25) is 5.02 Å². The Labute approximate surface area is 118 Å². The number of aliphatic hydroxyl groups excluding tert-OH is 1. The summed E-state index contributed by atoms with van der Waals surface area (Å²) in [4.78, 5) is 0. The van der Waals surface area contributed by atoms with Gasteiger partial charge in [-0.2, -0.15) is 0 Å². The van der Waals surface area contributed by atoms with Crippen LogP contribution in [0, 0.1) is 12.8 Å². The second-order valence-corrected chi connectivity index (χ2v) is 5.42. The maximum atomic E-state index is 9.36. The lowest BCUT2D eigenvalue weighted by Gasteiger charge is -2.13. The Morgan fingerprint density at radius 3 is 2.68 bits per heavy atom. The average molecular weight is 280 g/mol. The lowest BCUT2D eigenvalue weighted by molar-refractivity contribution is 0.262. The summed E-state index contributed by atoms with van der Waals surface area (Å²) >= 11 is 6.35. The maximum Gasteiger partial charge on any atom is 0.165 e. The van der Waals surface area contributed by atoms with Crippen molar-refractivity contribution in [3.63, 3.8) is 0 Å². The van der Waals surface area contributed by atoms with Gasteiger partial charge >= 0.3 is 0 Å². The van der Waals surface area contributed by atoms with Gasteiger partial charge in [-0.1, -0.05) is 37.6 Å². The molecule has 2 rings (SSSR count). The lowest BCUT2D eigenvalue weighted by Crippen LogP contribution is -2.10. The summed E-state index contributed by atoms with van der Waals surface area (Å²) in [5, 5.41) is 18.3. The normalized spacial score (nSPS) is 11.3. The molecule has 1 heterocycles. The molecule has 0 saturated heterocycles. The molecule has 1 N–H and O–H groups in total. The number of aryl methyl sites for hydroxylation is 1. The zero-order valence-electron chi connectivity index (χ0n) is 11.4. The van der Waals surface area contributed by atoms with Crippen molar-refractivity contribution in [2.24, 2.45) is 5.92 Å². The van der Waals surface area contributed by atoms with Crippen LogP contribution in [0.4, 0.5) is 0 Å². The molecule has 2 aromatic rings. The summed E-state index contributed by atoms with van der Waals surface area (Å²) in [5.74, 6) is 1.72. The Morgan fingerprint density at radius 1 is 1.32 bits per heavy atom. The highest BCUT2D eigenvalue weighted by atomic mass is 35.5. The number of nitrogens with zero attached hydrogens (tertiary/aromatic N) is 3. The molecule has 0 fully saturated rings. The molecular weight excluding hydrogens is 262 g/mol. The molecule has 102 valence electrons. The number of benzene rings is 1. The summed E-state index contributed by atoms with van der Waals surface area (Å²) in [6.07, 6.45) is 0. The van der Waals surface area contributed by atoms with E-state index in [0.717, 1.165) is 17.7 Å². The van der Waals surface area contributed by atoms with Gasteiger partial charge in [-0.3, -0.25) is 0 Å². The van der Waals surface area contributed by atoms with Gasteiger partial charge in [0.1, 0.15) is 6.61 Å². The van der Waals surface area contributed by atoms with Crippen LogP contribution < -0.4 is 0 Å². The fourth-order valence-corrected chi connectivity index (χ4v) is 2.24. The topological polar surface area (TPSA) is 50.9 Å². The second-order valence-electron chi connectivity index (χ2n) is 5.04. The van der Waals surface area contributed by atoms with E-state index in [4.69, 9.17) is 11.6 Å². The summed E-state index contributed by atoms with van der Waals surface area (Å²) in [6.45, 7) is 6.82. The first-order chi connectivity index (χ1) is 9.04. The van der Waals surface area contributed by atoms with E-state index in [9.17, 15) is 5.11 Å². The minimum absolute atomic E-state index is 0.122. The molecule has 0 atom stereocenters. The zero-order chi connectivity index (χ0) is 14.0. The molecule has 0 aliphatic carbocycles. The van der Waals surface area contributed by atoms with Gasteiger partial charge in [0.15, 0.2) is 11.6 Å². The summed E-state index contributed by atoms with van der Waals surface area (Å²) in [7, 11) is 0. The fourth-order valence-electron chi connectivity index (χ4n) is 2.03. The molecule has 0 bridgehead atoms. The standard InChI is InChI=1S/C14H18ClN3O/c1-9(2)7-18-12(8-19)16-17-14(18)11-6-4-5-10(3)13(11)15/h4-6,9,19H,7-8H2,1-3H3. The predicted octanol–water partition coefficient (Wildman–Crippen LogP) is 3.06. The van der Waals surface area contributed by atoms with Crippen LogP contribution in [0.25, 0.3) is 11.4 Å². The Bertz CT molecular complexity index is 578. The molecule has 0 aliphatic heterocycles. The van der Waals surface area contributed by atoms with Crippen molar-refractivity contribution in [1.82, 2.24) is 14.8 Å². The monoisotopic (exact) mass is 279 g/mol. The molecule has 19 heavy (non-hydrogen) atoms. The van der Waals surface area contributed by atoms with Crippen LogP contribution in [0.3, 0.4) is 0 Å². The summed E-state index contributed by atoms with van der Waals surface area (Å²) in [6, 6.07) is 5.84. The molecular formula is C14H18ClN3O. The molecule has 0 unspecified atom stereocenters. The highest BCUT2D eigenvalue weighted by Gasteiger charge is 2.17. The van der Waals surface area contributed by atoms with Gasteiger partial charge in [0.25, 0.3) is 0 Å². The smallest absolute Gasteiger partial charge is 0.165 e. The first-order valence-electron chi connectivity index (χ1n) is 6.33. The van der Waals surface area contributed by atoms with Crippen molar-refractivity contribution < 1.29 is 5.11 Å². The molecule has 0 aliphatic rings.